The number of para-hydroxylation sites is 1. The van der Waals surface area contributed by atoms with Crippen molar-refractivity contribution in [1.82, 2.24) is 0 Å². The molecule has 1 aliphatic rings. The molecule has 0 aromatic heterocycles. The monoisotopic (exact) mass is 407 g/mol. The molecule has 1 saturated carbocycles. The summed E-state index contributed by atoms with van der Waals surface area (Å²) >= 11 is 6.07. The van der Waals surface area contributed by atoms with Gasteiger partial charge in [-0.15, -0.1) is 0 Å². The number of ether oxygens (including phenoxy) is 1. The number of nitrogens with zero attached hydrogens (tertiary/aromatic N) is 1. The Hall–Kier alpha value is -2.38. The van der Waals surface area contributed by atoms with Gasteiger partial charge >= 0.3 is 5.97 Å². The van der Waals surface area contributed by atoms with Gasteiger partial charge in [0.1, 0.15) is 0 Å². The molecule has 0 amide bonds. The van der Waals surface area contributed by atoms with Gasteiger partial charge in [-0.25, -0.2) is 13.2 Å². The van der Waals surface area contributed by atoms with Gasteiger partial charge in [0.25, 0.3) is 10.0 Å². The number of hydrogen-bond acceptors (Lipinski definition) is 5. The highest BCUT2D eigenvalue weighted by molar-refractivity contribution is 7.92. The quantitative estimate of drug-likeness (QED) is 0.709. The zero-order chi connectivity index (χ0) is 19.6. The second kappa shape index (κ2) is 7.70. The second-order valence-corrected chi connectivity index (χ2v) is 8.58. The van der Waals surface area contributed by atoms with E-state index in [1.165, 1.54) is 25.2 Å². The number of halogens is 1. The Balaban J connectivity index is 1.90. The first kappa shape index (κ1) is 19.4. The summed E-state index contributed by atoms with van der Waals surface area (Å²) in [5.41, 5.74) is 0.395. The van der Waals surface area contributed by atoms with Gasteiger partial charge in [-0.05, 0) is 43.2 Å². The highest BCUT2D eigenvalue weighted by atomic mass is 35.5. The number of carbonyl (C=O) groups is 2. The number of carbonyl (C=O) groups excluding carboxylic acids is 2. The first-order valence-corrected chi connectivity index (χ1v) is 10.2. The Morgan fingerprint density at radius 2 is 1.89 bits per heavy atom. The van der Waals surface area contributed by atoms with Gasteiger partial charge in [-0.2, -0.15) is 0 Å². The van der Waals surface area contributed by atoms with E-state index in [1.807, 2.05) is 0 Å². The predicted molar refractivity (Wildman–Crippen MR) is 102 cm³/mol. The number of sulfonamides is 1. The normalized spacial score (nSPS) is 17.0. The van der Waals surface area contributed by atoms with Crippen molar-refractivity contribution in [2.24, 2.45) is 0 Å². The molecule has 2 aromatic carbocycles. The zero-order valence-corrected chi connectivity index (χ0v) is 16.2. The first-order valence-electron chi connectivity index (χ1n) is 8.38. The maximum Gasteiger partial charge on any atom is 0.340 e. The molecule has 0 bridgehead atoms. The fourth-order valence-electron chi connectivity index (χ4n) is 2.86. The van der Waals surface area contributed by atoms with Crippen molar-refractivity contribution in [2.75, 3.05) is 11.4 Å². The van der Waals surface area contributed by atoms with Crippen LogP contribution in [0.1, 0.15) is 29.6 Å². The molecule has 1 fully saturated rings. The fraction of sp³-hybridized carbons (Fsp3) is 0.263. The standard InChI is InChI=1S/C19H18ClNO5S/c1-21(13-6-3-2-4-7-13)27(24,25)14-10-11-16(20)15(12-14)19(23)26-18-9-5-8-17(18)22/h2-4,6-7,10-12,18H,5,8-9H2,1H3/t18-/m0/s1. The van der Waals surface area contributed by atoms with Gasteiger partial charge in [0, 0.05) is 13.5 Å². The Labute approximate surface area is 162 Å². The maximum atomic E-state index is 12.9. The van der Waals surface area contributed by atoms with Crippen molar-refractivity contribution in [3.05, 3.63) is 59.1 Å². The first-order chi connectivity index (χ1) is 12.8. The summed E-state index contributed by atoms with van der Waals surface area (Å²) in [5.74, 6) is -0.938. The van der Waals surface area contributed by atoms with Crippen LogP contribution >= 0.6 is 11.6 Å². The van der Waals surface area contributed by atoms with Gasteiger partial charge in [0.15, 0.2) is 11.9 Å². The van der Waals surface area contributed by atoms with Crippen LogP contribution in [0.2, 0.25) is 5.02 Å². The Bertz CT molecular complexity index is 975. The van der Waals surface area contributed by atoms with Gasteiger partial charge in [0.05, 0.1) is 21.2 Å². The molecule has 8 heteroatoms. The minimum atomic E-state index is -3.90. The number of Topliss-reactive ketones (excluding diaryl/α,β-unsaturated/α-hetero) is 1. The van der Waals surface area contributed by atoms with Crippen LogP contribution in [0, 0.1) is 0 Å². The van der Waals surface area contributed by atoms with Gasteiger partial charge in [-0.1, -0.05) is 29.8 Å². The summed E-state index contributed by atoms with van der Waals surface area (Å²) in [7, 11) is -2.48. The largest absolute Gasteiger partial charge is 0.451 e. The molecule has 142 valence electrons. The molecular formula is C19H18ClNO5S. The minimum absolute atomic E-state index is 0.0618. The van der Waals surface area contributed by atoms with Crippen molar-refractivity contribution in [3.8, 4) is 0 Å². The molecule has 27 heavy (non-hydrogen) atoms. The average molecular weight is 408 g/mol. The molecule has 1 atom stereocenters. The maximum absolute atomic E-state index is 12.9. The molecule has 0 heterocycles. The van der Waals surface area contributed by atoms with Crippen LogP contribution in [0.4, 0.5) is 5.69 Å². The van der Waals surface area contributed by atoms with Crippen LogP contribution in [0.3, 0.4) is 0 Å². The molecule has 1 aliphatic carbocycles. The van der Waals surface area contributed by atoms with Crippen molar-refractivity contribution >= 4 is 39.1 Å². The summed E-state index contributed by atoms with van der Waals surface area (Å²) in [6.45, 7) is 0. The van der Waals surface area contributed by atoms with E-state index < -0.39 is 22.1 Å². The summed E-state index contributed by atoms with van der Waals surface area (Å²) in [5, 5.41) is 0.0618. The molecule has 0 aliphatic heterocycles. The van der Waals surface area contributed by atoms with Crippen molar-refractivity contribution in [3.63, 3.8) is 0 Å². The van der Waals surface area contributed by atoms with E-state index in [0.29, 0.717) is 24.9 Å². The van der Waals surface area contributed by atoms with Crippen LogP contribution < -0.4 is 4.31 Å². The van der Waals surface area contributed by atoms with Crippen molar-refractivity contribution in [2.45, 2.75) is 30.3 Å². The van der Waals surface area contributed by atoms with E-state index in [0.717, 1.165) is 4.31 Å². The average Bonchev–Trinajstić information content (AvgIpc) is 3.06. The second-order valence-electron chi connectivity index (χ2n) is 6.20. The number of benzene rings is 2. The molecule has 6 nitrogen and oxygen atoms in total. The number of anilines is 1. The zero-order valence-electron chi connectivity index (χ0n) is 14.6. The van der Waals surface area contributed by atoms with Crippen LogP contribution in [-0.2, 0) is 19.6 Å². The Kier molecular flexibility index (Phi) is 5.53. The smallest absolute Gasteiger partial charge is 0.340 e. The van der Waals surface area contributed by atoms with Gasteiger partial charge in [-0.3, -0.25) is 9.10 Å². The summed E-state index contributed by atoms with van der Waals surface area (Å²) in [6, 6.07) is 12.4. The van der Waals surface area contributed by atoms with E-state index in [9.17, 15) is 18.0 Å². The lowest BCUT2D eigenvalue weighted by Gasteiger charge is -2.20. The third-order valence-corrected chi connectivity index (χ3v) is 6.54. The van der Waals surface area contributed by atoms with Crippen LogP contribution in [0.5, 0.6) is 0 Å². The molecule has 2 aromatic rings. The van der Waals surface area contributed by atoms with Crippen molar-refractivity contribution < 1.29 is 22.7 Å². The third kappa shape index (κ3) is 3.99. The van der Waals surface area contributed by atoms with Crippen LogP contribution in [-0.4, -0.2) is 33.3 Å². The molecule has 0 N–H and O–H groups in total. The number of esters is 1. The predicted octanol–water partition coefficient (Wildman–Crippen LogP) is 3.44. The fourth-order valence-corrected chi connectivity index (χ4v) is 4.27. The minimum Gasteiger partial charge on any atom is -0.451 e. The van der Waals surface area contributed by atoms with Gasteiger partial charge < -0.3 is 4.74 Å². The molecule has 0 radical (unpaired) electrons. The van der Waals surface area contributed by atoms with Gasteiger partial charge in [0.2, 0.25) is 0 Å². The van der Waals surface area contributed by atoms with E-state index >= 15 is 0 Å². The van der Waals surface area contributed by atoms with Crippen LogP contribution in [0.15, 0.2) is 53.4 Å². The van der Waals surface area contributed by atoms with Crippen LogP contribution in [0.25, 0.3) is 0 Å². The van der Waals surface area contributed by atoms with E-state index in [-0.39, 0.29) is 21.3 Å². The highest BCUT2D eigenvalue weighted by Crippen LogP contribution is 2.27. The van der Waals surface area contributed by atoms with E-state index in [2.05, 4.69) is 0 Å². The number of ketones is 1. The third-order valence-electron chi connectivity index (χ3n) is 4.43. The van der Waals surface area contributed by atoms with E-state index in [4.69, 9.17) is 16.3 Å². The Morgan fingerprint density at radius 1 is 1.19 bits per heavy atom. The number of rotatable bonds is 5. The number of hydrogen-bond donors (Lipinski definition) is 0. The molecule has 0 spiro atoms. The summed E-state index contributed by atoms with van der Waals surface area (Å²) in [4.78, 5) is 24.0. The molecule has 0 unspecified atom stereocenters. The Morgan fingerprint density at radius 3 is 2.52 bits per heavy atom. The topological polar surface area (TPSA) is 80.8 Å². The lowest BCUT2D eigenvalue weighted by Crippen LogP contribution is -2.27. The molecule has 3 rings (SSSR count). The SMILES string of the molecule is CN(c1ccccc1)S(=O)(=O)c1ccc(Cl)c(C(=O)O[C@H]2CCCC2=O)c1. The summed E-state index contributed by atoms with van der Waals surface area (Å²) < 4.78 is 32.1. The molecular weight excluding hydrogens is 390 g/mol. The lowest BCUT2D eigenvalue weighted by molar-refractivity contribution is -0.124. The van der Waals surface area contributed by atoms with E-state index in [1.54, 1.807) is 30.3 Å². The molecule has 0 saturated heterocycles. The lowest BCUT2D eigenvalue weighted by atomic mass is 10.2. The summed E-state index contributed by atoms with van der Waals surface area (Å²) in [6.07, 6.45) is 0.723. The van der Waals surface area contributed by atoms with Crippen molar-refractivity contribution in [1.29, 1.82) is 0 Å². The highest BCUT2D eigenvalue weighted by Gasteiger charge is 2.30.